The predicted octanol–water partition coefficient (Wildman–Crippen LogP) is 1.14. The number of carbonyl (C=O) groups is 2. The first-order chi connectivity index (χ1) is 7.65. The van der Waals surface area contributed by atoms with Crippen molar-refractivity contribution in [2.24, 2.45) is 0 Å². The number of benzene rings is 1. The molecule has 0 heterocycles. The minimum atomic E-state index is -1.10. The summed E-state index contributed by atoms with van der Waals surface area (Å²) < 4.78 is 10.1. The van der Waals surface area contributed by atoms with Gasteiger partial charge in [0, 0.05) is 12.0 Å². The van der Waals surface area contributed by atoms with Gasteiger partial charge in [-0.25, -0.2) is 4.79 Å². The molecule has 0 unspecified atom stereocenters. The molecule has 5 nitrogen and oxygen atoms in total. The maximum Gasteiger partial charge on any atom is 0.336 e. The van der Waals surface area contributed by atoms with E-state index in [-0.39, 0.29) is 17.7 Å². The summed E-state index contributed by atoms with van der Waals surface area (Å²) in [5, 5.41) is 8.96. The van der Waals surface area contributed by atoms with Gasteiger partial charge < -0.3 is 19.4 Å². The van der Waals surface area contributed by atoms with Crippen LogP contribution in [-0.4, -0.2) is 31.6 Å². The van der Waals surface area contributed by atoms with Crippen molar-refractivity contribution in [1.82, 2.24) is 0 Å². The smallest absolute Gasteiger partial charge is 0.336 e. The van der Waals surface area contributed by atoms with Gasteiger partial charge in [-0.1, -0.05) is 0 Å². The van der Waals surface area contributed by atoms with Crippen LogP contribution in [0.25, 0.3) is 0 Å². The molecule has 0 bridgehead atoms. The van der Waals surface area contributed by atoms with Crippen molar-refractivity contribution < 1.29 is 24.2 Å². The van der Waals surface area contributed by atoms with Crippen LogP contribution < -0.4 is 9.47 Å². The van der Waals surface area contributed by atoms with E-state index in [9.17, 15) is 9.59 Å². The van der Waals surface area contributed by atoms with Gasteiger partial charge in [-0.3, -0.25) is 0 Å². The SMILES string of the molecule is COc1ccc(C(=O)O)c(CC=O)c1OC. The molecule has 0 aliphatic rings. The second-order valence-corrected chi connectivity index (χ2v) is 3.00. The third kappa shape index (κ3) is 2.13. The number of methoxy groups -OCH3 is 2. The van der Waals surface area contributed by atoms with Crippen molar-refractivity contribution in [3.05, 3.63) is 23.3 Å². The number of aldehydes is 1. The fraction of sp³-hybridized carbons (Fsp3) is 0.273. The predicted molar refractivity (Wildman–Crippen MR) is 56.3 cm³/mol. The number of aromatic carboxylic acids is 1. The van der Waals surface area contributed by atoms with E-state index in [4.69, 9.17) is 14.6 Å². The van der Waals surface area contributed by atoms with Crippen molar-refractivity contribution >= 4 is 12.3 Å². The highest BCUT2D eigenvalue weighted by atomic mass is 16.5. The molecule has 1 aromatic carbocycles. The van der Waals surface area contributed by atoms with E-state index >= 15 is 0 Å². The average Bonchev–Trinajstić information content (AvgIpc) is 2.28. The van der Waals surface area contributed by atoms with E-state index in [0.29, 0.717) is 17.6 Å². The summed E-state index contributed by atoms with van der Waals surface area (Å²) in [5.41, 5.74) is 0.370. The second-order valence-electron chi connectivity index (χ2n) is 3.00. The molecular weight excluding hydrogens is 212 g/mol. The van der Waals surface area contributed by atoms with Crippen LogP contribution >= 0.6 is 0 Å². The van der Waals surface area contributed by atoms with E-state index in [0.717, 1.165) is 0 Å². The van der Waals surface area contributed by atoms with Crippen LogP contribution in [-0.2, 0) is 11.2 Å². The summed E-state index contributed by atoms with van der Waals surface area (Å²) in [7, 11) is 2.85. The monoisotopic (exact) mass is 224 g/mol. The van der Waals surface area contributed by atoms with Crippen LogP contribution in [0.4, 0.5) is 0 Å². The van der Waals surface area contributed by atoms with E-state index in [2.05, 4.69) is 0 Å². The Labute approximate surface area is 92.6 Å². The Balaban J connectivity index is 3.42. The lowest BCUT2D eigenvalue weighted by molar-refractivity contribution is -0.107. The molecule has 0 aromatic heterocycles. The number of carboxylic acids is 1. The summed E-state index contributed by atoms with van der Waals surface area (Å²) in [5.74, 6) is -0.406. The molecule has 16 heavy (non-hydrogen) atoms. The number of hydrogen-bond donors (Lipinski definition) is 1. The molecule has 86 valence electrons. The summed E-state index contributed by atoms with van der Waals surface area (Å²) >= 11 is 0. The summed E-state index contributed by atoms with van der Waals surface area (Å²) in [6, 6.07) is 2.89. The fourth-order valence-electron chi connectivity index (χ4n) is 1.48. The Morgan fingerprint density at radius 1 is 1.38 bits per heavy atom. The normalized spacial score (nSPS) is 9.62. The maximum absolute atomic E-state index is 11.0. The molecule has 0 radical (unpaired) electrons. The van der Waals surface area contributed by atoms with Gasteiger partial charge in [0.25, 0.3) is 0 Å². The Hall–Kier alpha value is -2.04. The first-order valence-corrected chi connectivity index (χ1v) is 4.56. The molecule has 0 aliphatic heterocycles. The molecule has 0 atom stereocenters. The minimum Gasteiger partial charge on any atom is -0.493 e. The molecule has 0 amide bonds. The third-order valence-corrected chi connectivity index (χ3v) is 2.17. The lowest BCUT2D eigenvalue weighted by Gasteiger charge is -2.13. The second kappa shape index (κ2) is 5.16. The van der Waals surface area contributed by atoms with Gasteiger partial charge in [-0.2, -0.15) is 0 Å². The standard InChI is InChI=1S/C11H12O5/c1-15-9-4-3-8(11(13)14)7(5-6-12)10(9)16-2/h3-4,6H,5H2,1-2H3,(H,13,14). The topological polar surface area (TPSA) is 72.8 Å². The number of rotatable bonds is 5. The number of carboxylic acid groups (broad SMARTS) is 1. The zero-order chi connectivity index (χ0) is 12.1. The molecule has 5 heteroatoms. The molecule has 0 spiro atoms. The van der Waals surface area contributed by atoms with Crippen LogP contribution in [0.1, 0.15) is 15.9 Å². The van der Waals surface area contributed by atoms with Crippen molar-refractivity contribution in [3.8, 4) is 11.5 Å². The van der Waals surface area contributed by atoms with Gasteiger partial charge in [0.1, 0.15) is 6.29 Å². The largest absolute Gasteiger partial charge is 0.493 e. The molecule has 0 aliphatic carbocycles. The molecular formula is C11H12O5. The quantitative estimate of drug-likeness (QED) is 0.759. The van der Waals surface area contributed by atoms with Crippen LogP contribution in [0.3, 0.4) is 0 Å². The Kier molecular flexibility index (Phi) is 3.88. The van der Waals surface area contributed by atoms with Crippen molar-refractivity contribution in [3.63, 3.8) is 0 Å². The van der Waals surface area contributed by atoms with Gasteiger partial charge in [0.15, 0.2) is 11.5 Å². The maximum atomic E-state index is 11.0. The summed E-state index contributed by atoms with van der Waals surface area (Å²) in [6.07, 6.45) is 0.603. The van der Waals surface area contributed by atoms with E-state index in [1.807, 2.05) is 0 Å². The number of ether oxygens (including phenoxy) is 2. The van der Waals surface area contributed by atoms with Crippen LogP contribution in [0, 0.1) is 0 Å². The lowest BCUT2D eigenvalue weighted by Crippen LogP contribution is -2.06. The molecule has 1 rings (SSSR count). The Bertz CT molecular complexity index is 411. The van der Waals surface area contributed by atoms with Crippen molar-refractivity contribution in [1.29, 1.82) is 0 Å². The molecule has 1 aromatic rings. The Morgan fingerprint density at radius 2 is 2.06 bits per heavy atom. The van der Waals surface area contributed by atoms with Gasteiger partial charge in [-0.15, -0.1) is 0 Å². The van der Waals surface area contributed by atoms with Crippen molar-refractivity contribution in [2.45, 2.75) is 6.42 Å². The first kappa shape index (κ1) is 12.0. The summed E-state index contributed by atoms with van der Waals surface area (Å²) in [6.45, 7) is 0. The molecule has 1 N–H and O–H groups in total. The van der Waals surface area contributed by atoms with E-state index in [1.54, 1.807) is 0 Å². The van der Waals surface area contributed by atoms with Gasteiger partial charge in [-0.05, 0) is 12.1 Å². The highest BCUT2D eigenvalue weighted by Crippen LogP contribution is 2.33. The van der Waals surface area contributed by atoms with Gasteiger partial charge >= 0.3 is 5.97 Å². The van der Waals surface area contributed by atoms with Gasteiger partial charge in [0.05, 0.1) is 19.8 Å². The third-order valence-electron chi connectivity index (χ3n) is 2.17. The van der Waals surface area contributed by atoms with Crippen molar-refractivity contribution in [2.75, 3.05) is 14.2 Å². The minimum absolute atomic E-state index is 0.0258. The first-order valence-electron chi connectivity index (χ1n) is 4.56. The average molecular weight is 224 g/mol. The van der Waals surface area contributed by atoms with Crippen LogP contribution in [0.5, 0.6) is 11.5 Å². The molecule has 0 fully saturated rings. The molecule has 0 saturated heterocycles. The highest BCUT2D eigenvalue weighted by molar-refractivity contribution is 5.91. The van der Waals surface area contributed by atoms with E-state index in [1.165, 1.54) is 26.4 Å². The van der Waals surface area contributed by atoms with E-state index < -0.39 is 5.97 Å². The fourth-order valence-corrected chi connectivity index (χ4v) is 1.48. The molecule has 0 saturated carbocycles. The number of carbonyl (C=O) groups excluding carboxylic acids is 1. The lowest BCUT2D eigenvalue weighted by atomic mass is 10.0. The summed E-state index contributed by atoms with van der Waals surface area (Å²) in [4.78, 5) is 21.5. The van der Waals surface area contributed by atoms with Crippen LogP contribution in [0.2, 0.25) is 0 Å². The zero-order valence-electron chi connectivity index (χ0n) is 9.02. The highest BCUT2D eigenvalue weighted by Gasteiger charge is 2.18. The van der Waals surface area contributed by atoms with Crippen LogP contribution in [0.15, 0.2) is 12.1 Å². The Morgan fingerprint density at radius 3 is 2.50 bits per heavy atom. The zero-order valence-corrected chi connectivity index (χ0v) is 9.02. The van der Waals surface area contributed by atoms with Gasteiger partial charge in [0.2, 0.25) is 0 Å². The number of hydrogen-bond acceptors (Lipinski definition) is 4.